The molecule has 0 atom stereocenters. The van der Waals surface area contributed by atoms with Gasteiger partial charge in [0.1, 0.15) is 22.7 Å². The van der Waals surface area contributed by atoms with E-state index in [0.717, 1.165) is 112 Å². The third-order valence-electron chi connectivity index (χ3n) is 12.7. The van der Waals surface area contributed by atoms with Gasteiger partial charge in [-0.25, -0.2) is 0 Å². The second-order valence-electron chi connectivity index (χ2n) is 16.9. The molecule has 0 radical (unpaired) electrons. The van der Waals surface area contributed by atoms with E-state index in [0.29, 0.717) is 0 Å². The van der Waals surface area contributed by atoms with E-state index < -0.39 is 0 Å². The van der Waals surface area contributed by atoms with E-state index in [4.69, 9.17) is 8.83 Å². The minimum atomic E-state index is 0.877. The molecule has 0 aliphatic rings. The van der Waals surface area contributed by atoms with Gasteiger partial charge in [0.15, 0.2) is 0 Å². The first-order chi connectivity index (χ1) is 33.7. The van der Waals surface area contributed by atoms with Crippen LogP contribution in [0.3, 0.4) is 0 Å². The van der Waals surface area contributed by atoms with Crippen LogP contribution >= 0.6 is 0 Å². The molecular formula is C64H44N2O2. The zero-order valence-corrected chi connectivity index (χ0v) is 37.1. The number of anilines is 6. The summed E-state index contributed by atoms with van der Waals surface area (Å²) < 4.78 is 13.0. The highest BCUT2D eigenvalue weighted by Gasteiger charge is 2.21. The lowest BCUT2D eigenvalue weighted by Gasteiger charge is -2.26. The molecule has 12 aromatic rings. The lowest BCUT2D eigenvalue weighted by atomic mass is 9.98. The molecule has 2 aromatic heterocycles. The maximum absolute atomic E-state index is 6.49. The molecule has 4 heteroatoms. The first kappa shape index (κ1) is 40.4. The third-order valence-corrected chi connectivity index (χ3v) is 12.7. The van der Waals surface area contributed by atoms with Gasteiger partial charge in [0, 0.05) is 67.2 Å². The molecule has 0 amide bonds. The van der Waals surface area contributed by atoms with Gasteiger partial charge in [-0.3, -0.25) is 0 Å². The summed E-state index contributed by atoms with van der Waals surface area (Å²) in [6.07, 6.45) is 0. The molecule has 2 heterocycles. The first-order valence-electron chi connectivity index (χ1n) is 23.0. The van der Waals surface area contributed by atoms with Crippen LogP contribution in [0.15, 0.2) is 276 Å². The molecule has 10 aromatic carbocycles. The maximum Gasteiger partial charge on any atom is 0.143 e. The Hall–Kier alpha value is -9.12. The van der Waals surface area contributed by atoms with Crippen LogP contribution in [0.1, 0.15) is 0 Å². The normalized spacial score (nSPS) is 11.2. The van der Waals surface area contributed by atoms with Crippen molar-refractivity contribution in [3.05, 3.63) is 267 Å². The van der Waals surface area contributed by atoms with Crippen molar-refractivity contribution in [2.45, 2.75) is 0 Å². The SMILES string of the molecule is c1ccc(-c2oc3ccccc3c2-c2ccc(N(c3ccccc3)c3ccc(-c4ccc(N(c5ccccc5)c5ccc(-c6c(-c7ccccc7)oc7ccccc67)cc5)cc4)cc3)cc2)cc1. The summed E-state index contributed by atoms with van der Waals surface area (Å²) >= 11 is 0. The van der Waals surface area contributed by atoms with E-state index in [2.05, 4.69) is 240 Å². The molecule has 12 rings (SSSR count). The van der Waals surface area contributed by atoms with Crippen molar-refractivity contribution in [2.24, 2.45) is 0 Å². The number of para-hydroxylation sites is 4. The van der Waals surface area contributed by atoms with Gasteiger partial charge in [0.2, 0.25) is 0 Å². The second-order valence-corrected chi connectivity index (χ2v) is 16.9. The van der Waals surface area contributed by atoms with Gasteiger partial charge in [-0.05, 0) is 107 Å². The fourth-order valence-electron chi connectivity index (χ4n) is 9.46. The Kier molecular flexibility index (Phi) is 10.5. The van der Waals surface area contributed by atoms with Crippen LogP contribution in [0.5, 0.6) is 0 Å². The van der Waals surface area contributed by atoms with E-state index in [-0.39, 0.29) is 0 Å². The summed E-state index contributed by atoms with van der Waals surface area (Å²) in [4.78, 5) is 4.62. The predicted molar refractivity (Wildman–Crippen MR) is 283 cm³/mol. The van der Waals surface area contributed by atoms with Gasteiger partial charge in [-0.1, -0.05) is 182 Å². The first-order valence-corrected chi connectivity index (χ1v) is 23.0. The maximum atomic E-state index is 6.49. The summed E-state index contributed by atoms with van der Waals surface area (Å²) in [5.74, 6) is 1.75. The molecule has 0 aliphatic heterocycles. The zero-order chi connectivity index (χ0) is 45.2. The molecule has 4 nitrogen and oxygen atoms in total. The zero-order valence-electron chi connectivity index (χ0n) is 37.1. The number of rotatable bonds is 11. The molecule has 0 spiro atoms. The lowest BCUT2D eigenvalue weighted by molar-refractivity contribution is 0.632. The van der Waals surface area contributed by atoms with Crippen molar-refractivity contribution in [1.82, 2.24) is 0 Å². The molecular weight excluding hydrogens is 829 g/mol. The van der Waals surface area contributed by atoms with Crippen LogP contribution in [0, 0.1) is 0 Å². The van der Waals surface area contributed by atoms with Crippen LogP contribution in [0.4, 0.5) is 34.1 Å². The van der Waals surface area contributed by atoms with Crippen LogP contribution in [-0.2, 0) is 0 Å². The fraction of sp³-hybridized carbons (Fsp3) is 0. The average molecular weight is 873 g/mol. The van der Waals surface area contributed by atoms with Crippen LogP contribution in [0.2, 0.25) is 0 Å². The Labute approximate surface area is 395 Å². The van der Waals surface area contributed by atoms with Gasteiger partial charge in [0.05, 0.1) is 0 Å². The van der Waals surface area contributed by atoms with Gasteiger partial charge in [-0.2, -0.15) is 0 Å². The van der Waals surface area contributed by atoms with Gasteiger partial charge in [-0.15, -0.1) is 0 Å². The molecule has 0 fully saturated rings. The topological polar surface area (TPSA) is 32.8 Å². The highest BCUT2D eigenvalue weighted by molar-refractivity contribution is 6.03. The van der Waals surface area contributed by atoms with Crippen molar-refractivity contribution >= 4 is 56.1 Å². The summed E-state index contributed by atoms with van der Waals surface area (Å²) in [6.45, 7) is 0. The number of fused-ring (bicyclic) bond motifs is 2. The summed E-state index contributed by atoms with van der Waals surface area (Å²) in [6, 6.07) is 93.8. The van der Waals surface area contributed by atoms with Gasteiger partial charge >= 0.3 is 0 Å². The monoisotopic (exact) mass is 872 g/mol. The summed E-state index contributed by atoms with van der Waals surface area (Å²) in [7, 11) is 0. The Balaban J connectivity index is 0.845. The standard InChI is InChI=1S/C64H44N2O2/c1-5-17-49(18-6-1)63-61(57-25-13-15-27-59(57)67-63)47-33-41-55(42-34-47)65(51-21-9-3-10-22-51)53-37-29-45(30-38-53)46-31-39-54(40-32-46)66(52-23-11-4-12-24-52)56-43-35-48(36-44-56)62-58-26-14-16-28-60(58)68-64(62)50-19-7-2-8-20-50/h1-44H. The molecule has 322 valence electrons. The third kappa shape index (κ3) is 7.60. The number of hydrogen-bond acceptors (Lipinski definition) is 4. The van der Waals surface area contributed by atoms with E-state index in [1.165, 1.54) is 0 Å². The molecule has 0 N–H and O–H groups in total. The van der Waals surface area contributed by atoms with Crippen molar-refractivity contribution < 1.29 is 8.83 Å². The van der Waals surface area contributed by atoms with E-state index in [1.807, 2.05) is 36.4 Å². The van der Waals surface area contributed by atoms with Crippen molar-refractivity contribution in [2.75, 3.05) is 9.80 Å². The largest absolute Gasteiger partial charge is 0.455 e. The molecule has 0 aliphatic carbocycles. The Morgan fingerprint density at radius 2 is 0.471 bits per heavy atom. The summed E-state index contributed by atoms with van der Waals surface area (Å²) in [5, 5.41) is 2.20. The number of benzene rings is 10. The molecule has 0 bridgehead atoms. The van der Waals surface area contributed by atoms with Crippen molar-refractivity contribution in [3.63, 3.8) is 0 Å². The lowest BCUT2D eigenvalue weighted by Crippen LogP contribution is -2.10. The van der Waals surface area contributed by atoms with E-state index in [9.17, 15) is 0 Å². The summed E-state index contributed by atoms with van der Waals surface area (Å²) in [5.41, 5.74) is 17.0. The smallest absolute Gasteiger partial charge is 0.143 e. The molecule has 0 saturated carbocycles. The van der Waals surface area contributed by atoms with Gasteiger partial charge in [0.25, 0.3) is 0 Å². The number of nitrogens with zero attached hydrogens (tertiary/aromatic N) is 2. The van der Waals surface area contributed by atoms with Crippen LogP contribution in [-0.4, -0.2) is 0 Å². The molecule has 0 unspecified atom stereocenters. The number of furan rings is 2. The Morgan fingerprint density at radius 3 is 0.809 bits per heavy atom. The van der Waals surface area contributed by atoms with Crippen LogP contribution < -0.4 is 9.80 Å². The van der Waals surface area contributed by atoms with E-state index in [1.54, 1.807) is 0 Å². The van der Waals surface area contributed by atoms with Crippen molar-refractivity contribution in [1.29, 1.82) is 0 Å². The number of hydrogen-bond donors (Lipinski definition) is 0. The Bertz CT molecular complexity index is 3370. The fourth-order valence-corrected chi connectivity index (χ4v) is 9.46. The Morgan fingerprint density at radius 1 is 0.206 bits per heavy atom. The van der Waals surface area contributed by atoms with Crippen LogP contribution in [0.25, 0.3) is 78.0 Å². The predicted octanol–water partition coefficient (Wildman–Crippen LogP) is 18.5. The minimum absolute atomic E-state index is 0.877. The van der Waals surface area contributed by atoms with E-state index >= 15 is 0 Å². The van der Waals surface area contributed by atoms with Gasteiger partial charge < -0.3 is 18.6 Å². The highest BCUT2D eigenvalue weighted by Crippen LogP contribution is 2.45. The highest BCUT2D eigenvalue weighted by atomic mass is 16.3. The molecule has 0 saturated heterocycles. The average Bonchev–Trinajstić information content (AvgIpc) is 4.01. The minimum Gasteiger partial charge on any atom is -0.455 e. The molecule has 68 heavy (non-hydrogen) atoms. The van der Waals surface area contributed by atoms with Crippen molar-refractivity contribution in [3.8, 4) is 56.0 Å². The second kappa shape index (κ2) is 17.7. The quantitative estimate of drug-likeness (QED) is 0.130.